The average molecular weight is 343 g/mol. The van der Waals surface area contributed by atoms with Crippen LogP contribution in [0, 0.1) is 6.92 Å². The van der Waals surface area contributed by atoms with E-state index in [0.29, 0.717) is 12.6 Å². The van der Waals surface area contributed by atoms with Crippen LogP contribution in [0.25, 0.3) is 0 Å². The largest absolute Gasteiger partial charge is 0.346 e. The molecule has 2 aromatic heterocycles. The molecule has 0 spiro atoms. The summed E-state index contributed by atoms with van der Waals surface area (Å²) in [7, 11) is 0. The summed E-state index contributed by atoms with van der Waals surface area (Å²) in [5, 5.41) is 11.2. The fourth-order valence-corrected chi connectivity index (χ4v) is 3.53. The first-order valence-electron chi connectivity index (χ1n) is 8.91. The van der Waals surface area contributed by atoms with Crippen molar-refractivity contribution >= 4 is 5.91 Å². The highest BCUT2D eigenvalue weighted by atomic mass is 16.2. The highest BCUT2D eigenvalue weighted by molar-refractivity contribution is 5.76. The van der Waals surface area contributed by atoms with Crippen LogP contribution in [0.2, 0.25) is 0 Å². The van der Waals surface area contributed by atoms with Gasteiger partial charge in [-0.1, -0.05) is 18.9 Å². The van der Waals surface area contributed by atoms with Crippen molar-refractivity contribution in [2.45, 2.75) is 64.6 Å². The number of amides is 1. The third-order valence-corrected chi connectivity index (χ3v) is 4.91. The zero-order valence-corrected chi connectivity index (χ0v) is 14.8. The maximum Gasteiger partial charge on any atom is 0.250 e. The van der Waals surface area contributed by atoms with Gasteiger partial charge < -0.3 is 14.5 Å². The first-order chi connectivity index (χ1) is 12.1. The Morgan fingerprint density at radius 2 is 2.12 bits per heavy atom. The lowest BCUT2D eigenvalue weighted by Crippen LogP contribution is -2.31. The summed E-state index contributed by atoms with van der Waals surface area (Å²) in [5.74, 6) is 0.705. The lowest BCUT2D eigenvalue weighted by atomic mass is 10.2. The molecule has 1 aliphatic carbocycles. The van der Waals surface area contributed by atoms with Crippen LogP contribution in [-0.4, -0.2) is 25.2 Å². The van der Waals surface area contributed by atoms with E-state index >= 15 is 0 Å². The van der Waals surface area contributed by atoms with Gasteiger partial charge in [0.15, 0.2) is 5.82 Å². The molecule has 0 radical (unpaired) electrons. The molecule has 1 unspecified atom stereocenters. The van der Waals surface area contributed by atoms with Gasteiger partial charge in [-0.3, -0.25) is 9.59 Å². The van der Waals surface area contributed by atoms with Gasteiger partial charge in [0, 0.05) is 30.8 Å². The molecule has 1 saturated carbocycles. The van der Waals surface area contributed by atoms with Crippen molar-refractivity contribution in [3.63, 3.8) is 0 Å². The molecule has 1 amide bonds. The predicted molar refractivity (Wildman–Crippen MR) is 94.1 cm³/mol. The number of hydrogen-bond acceptors (Lipinski definition) is 4. The standard InChI is InChI=1S/C18H25N5O2/c1-13-6-5-9-17(25)22(13)11-10-16(24)20-14(2)18-21-19-12-23(18)15-7-3-4-8-15/h5-6,9,12,14-15H,3-4,7-8,10-11H2,1-2H3,(H,20,24). The topological polar surface area (TPSA) is 81.8 Å². The van der Waals surface area contributed by atoms with Gasteiger partial charge in [-0.2, -0.15) is 0 Å². The maximum absolute atomic E-state index is 12.3. The van der Waals surface area contributed by atoms with Crippen molar-refractivity contribution in [1.29, 1.82) is 0 Å². The number of pyridine rings is 1. The van der Waals surface area contributed by atoms with Crippen LogP contribution in [0.1, 0.15) is 62.6 Å². The molecule has 2 aromatic rings. The van der Waals surface area contributed by atoms with Crippen LogP contribution in [0.15, 0.2) is 29.3 Å². The smallest absolute Gasteiger partial charge is 0.250 e. The SMILES string of the molecule is Cc1cccc(=O)n1CCC(=O)NC(C)c1nncn1C1CCCC1. The van der Waals surface area contributed by atoms with E-state index in [-0.39, 0.29) is 23.9 Å². The monoisotopic (exact) mass is 343 g/mol. The van der Waals surface area contributed by atoms with Gasteiger partial charge >= 0.3 is 0 Å². The van der Waals surface area contributed by atoms with E-state index in [1.807, 2.05) is 19.9 Å². The predicted octanol–water partition coefficient (Wildman–Crippen LogP) is 2.13. The highest BCUT2D eigenvalue weighted by Gasteiger charge is 2.23. The Morgan fingerprint density at radius 3 is 2.84 bits per heavy atom. The maximum atomic E-state index is 12.3. The molecular formula is C18H25N5O2. The molecule has 1 fully saturated rings. The van der Waals surface area contributed by atoms with Crippen molar-refractivity contribution in [2.75, 3.05) is 0 Å². The zero-order valence-electron chi connectivity index (χ0n) is 14.8. The Balaban J connectivity index is 1.60. The Labute approximate surface area is 147 Å². The van der Waals surface area contributed by atoms with Crippen LogP contribution in [0.5, 0.6) is 0 Å². The van der Waals surface area contributed by atoms with E-state index in [9.17, 15) is 9.59 Å². The molecule has 3 rings (SSSR count). The highest BCUT2D eigenvalue weighted by Crippen LogP contribution is 2.31. The molecule has 0 aromatic carbocycles. The lowest BCUT2D eigenvalue weighted by molar-refractivity contribution is -0.122. The normalized spacial score (nSPS) is 16.1. The Morgan fingerprint density at radius 1 is 1.36 bits per heavy atom. The third-order valence-electron chi connectivity index (χ3n) is 4.91. The molecule has 0 aliphatic heterocycles. The summed E-state index contributed by atoms with van der Waals surface area (Å²) in [6.45, 7) is 4.17. The minimum Gasteiger partial charge on any atom is -0.346 e. The van der Waals surface area contributed by atoms with Crippen molar-refractivity contribution in [3.05, 3.63) is 46.4 Å². The molecule has 2 heterocycles. The second-order valence-electron chi connectivity index (χ2n) is 6.73. The van der Waals surface area contributed by atoms with E-state index in [1.54, 1.807) is 17.0 Å². The summed E-state index contributed by atoms with van der Waals surface area (Å²) in [5.41, 5.74) is 0.774. The van der Waals surface area contributed by atoms with Crippen LogP contribution < -0.4 is 10.9 Å². The van der Waals surface area contributed by atoms with Gasteiger partial charge in [-0.05, 0) is 32.8 Å². The number of nitrogens with zero attached hydrogens (tertiary/aromatic N) is 4. The number of nitrogens with one attached hydrogen (secondary N) is 1. The van der Waals surface area contributed by atoms with Gasteiger partial charge in [-0.25, -0.2) is 0 Å². The van der Waals surface area contributed by atoms with Gasteiger partial charge in [-0.15, -0.1) is 10.2 Å². The number of aromatic nitrogens is 4. The zero-order chi connectivity index (χ0) is 17.8. The third kappa shape index (κ3) is 3.97. The molecule has 7 nitrogen and oxygen atoms in total. The van der Waals surface area contributed by atoms with Crippen LogP contribution >= 0.6 is 0 Å². The molecule has 7 heteroatoms. The Kier molecular flexibility index (Phi) is 5.31. The van der Waals surface area contributed by atoms with Crippen LogP contribution in [0.3, 0.4) is 0 Å². The van der Waals surface area contributed by atoms with Gasteiger partial charge in [0.1, 0.15) is 6.33 Å². The number of carbonyl (C=O) groups is 1. The number of hydrogen-bond donors (Lipinski definition) is 1. The molecule has 134 valence electrons. The summed E-state index contributed by atoms with van der Waals surface area (Å²) in [4.78, 5) is 24.2. The van der Waals surface area contributed by atoms with Crippen molar-refractivity contribution in [3.8, 4) is 0 Å². The van der Waals surface area contributed by atoms with E-state index in [4.69, 9.17) is 0 Å². The molecule has 1 aliphatic rings. The molecule has 25 heavy (non-hydrogen) atoms. The number of carbonyl (C=O) groups excluding carboxylic acids is 1. The first kappa shape index (κ1) is 17.4. The van der Waals surface area contributed by atoms with E-state index in [1.165, 1.54) is 18.9 Å². The second kappa shape index (κ2) is 7.63. The fourth-order valence-electron chi connectivity index (χ4n) is 3.53. The minimum atomic E-state index is -0.204. The number of rotatable bonds is 6. The van der Waals surface area contributed by atoms with Gasteiger partial charge in [0.2, 0.25) is 5.91 Å². The Bertz CT molecular complexity index is 789. The van der Waals surface area contributed by atoms with E-state index < -0.39 is 0 Å². The average Bonchev–Trinajstić information content (AvgIpc) is 3.25. The molecule has 1 atom stereocenters. The minimum absolute atomic E-state index is 0.0816. The quantitative estimate of drug-likeness (QED) is 0.871. The summed E-state index contributed by atoms with van der Waals surface area (Å²) in [6, 6.07) is 5.34. The van der Waals surface area contributed by atoms with Crippen molar-refractivity contribution < 1.29 is 4.79 Å². The van der Waals surface area contributed by atoms with Gasteiger partial charge in [0.25, 0.3) is 5.56 Å². The summed E-state index contributed by atoms with van der Waals surface area (Å²) >= 11 is 0. The van der Waals surface area contributed by atoms with Crippen molar-refractivity contribution in [2.24, 2.45) is 0 Å². The first-order valence-corrected chi connectivity index (χ1v) is 8.91. The van der Waals surface area contributed by atoms with Crippen LogP contribution in [-0.2, 0) is 11.3 Å². The van der Waals surface area contributed by atoms with E-state index in [2.05, 4.69) is 20.1 Å². The Hall–Kier alpha value is -2.44. The second-order valence-corrected chi connectivity index (χ2v) is 6.73. The van der Waals surface area contributed by atoms with Gasteiger partial charge in [0.05, 0.1) is 6.04 Å². The molecule has 0 saturated heterocycles. The fraction of sp³-hybridized carbons (Fsp3) is 0.556. The van der Waals surface area contributed by atoms with E-state index in [0.717, 1.165) is 24.4 Å². The lowest BCUT2D eigenvalue weighted by Gasteiger charge is -2.19. The molecule has 0 bridgehead atoms. The molecular weight excluding hydrogens is 318 g/mol. The summed E-state index contributed by atoms with van der Waals surface area (Å²) in [6.07, 6.45) is 6.76. The summed E-state index contributed by atoms with van der Waals surface area (Å²) < 4.78 is 3.72. The van der Waals surface area contributed by atoms with Crippen LogP contribution in [0.4, 0.5) is 0 Å². The van der Waals surface area contributed by atoms with Crippen molar-refractivity contribution in [1.82, 2.24) is 24.6 Å². The number of aryl methyl sites for hydroxylation is 1. The molecule has 1 N–H and O–H groups in total.